The normalized spacial score (nSPS) is 15.8. The van der Waals surface area contributed by atoms with E-state index in [9.17, 15) is 8.42 Å². The minimum atomic E-state index is -3.33. The number of hydrogen-bond donors (Lipinski definition) is 0. The quantitative estimate of drug-likeness (QED) is 0.114. The van der Waals surface area contributed by atoms with Gasteiger partial charge in [-0.1, -0.05) is 129 Å². The lowest BCUT2D eigenvalue weighted by atomic mass is 9.96. The molecule has 1 heterocycles. The van der Waals surface area contributed by atoms with Gasteiger partial charge in [0.25, 0.3) is 0 Å². The van der Waals surface area contributed by atoms with Gasteiger partial charge in [0.1, 0.15) is 7.63 Å². The van der Waals surface area contributed by atoms with Crippen molar-refractivity contribution in [3.05, 3.63) is 18.8 Å². The van der Waals surface area contributed by atoms with Crippen molar-refractivity contribution >= 4 is 41.7 Å². The van der Waals surface area contributed by atoms with Crippen molar-refractivity contribution < 1.29 is 8.42 Å². The molecule has 0 N–H and O–H groups in total. The summed E-state index contributed by atoms with van der Waals surface area (Å²) in [5, 5.41) is 0. The second kappa shape index (κ2) is 19.6. The van der Waals surface area contributed by atoms with E-state index in [-0.39, 0.29) is 0 Å². The van der Waals surface area contributed by atoms with Crippen molar-refractivity contribution in [2.75, 3.05) is 0 Å². The smallest absolute Gasteiger partial charge is 0.217 e. The third-order valence-corrected chi connectivity index (χ3v) is 11.8. The molecular weight excluding hydrogens is 560 g/mol. The van der Waals surface area contributed by atoms with Gasteiger partial charge in [-0.2, -0.15) is 0 Å². The van der Waals surface area contributed by atoms with Gasteiger partial charge < -0.3 is 0 Å². The van der Waals surface area contributed by atoms with Gasteiger partial charge in [-0.15, -0.1) is 0 Å². The van der Waals surface area contributed by atoms with E-state index in [1.54, 1.807) is 0 Å². The highest BCUT2D eigenvalue weighted by molar-refractivity contribution is 9.16. The van der Waals surface area contributed by atoms with Crippen molar-refractivity contribution in [2.24, 2.45) is 0 Å². The second-order valence-electron chi connectivity index (χ2n) is 9.87. The fraction of sp³-hybridized carbons (Fsp3) is 0.857. The van der Waals surface area contributed by atoms with E-state index < -0.39 is 9.84 Å². The van der Waals surface area contributed by atoms with Crippen LogP contribution in [0.15, 0.2) is 18.8 Å². The molecule has 0 bridgehead atoms. The Balaban J connectivity index is 2.28. The minimum Gasteiger partial charge on any atom is -0.217 e. The molecule has 1 rings (SSSR count). The van der Waals surface area contributed by atoms with Crippen molar-refractivity contribution in [3.63, 3.8) is 0 Å². The highest BCUT2D eigenvalue weighted by Crippen LogP contribution is 2.46. The van der Waals surface area contributed by atoms with Crippen LogP contribution in [0.25, 0.3) is 0 Å². The monoisotopic (exact) mass is 608 g/mol. The number of unbranched alkanes of at least 4 members (excludes halogenated alkanes) is 18. The summed E-state index contributed by atoms with van der Waals surface area (Å²) in [7, 11) is -3.33. The Morgan fingerprint density at radius 2 is 0.697 bits per heavy atom. The zero-order valence-electron chi connectivity index (χ0n) is 21.5. The first kappa shape index (κ1) is 31.4. The molecule has 0 saturated carbocycles. The van der Waals surface area contributed by atoms with Crippen LogP contribution < -0.4 is 0 Å². The Morgan fingerprint density at radius 3 is 0.970 bits per heavy atom. The number of sulfone groups is 1. The average molecular weight is 611 g/mol. The summed E-state index contributed by atoms with van der Waals surface area (Å²) in [4.78, 5) is 0. The van der Waals surface area contributed by atoms with Crippen LogP contribution in [0.5, 0.6) is 0 Å². The van der Waals surface area contributed by atoms with Gasteiger partial charge in [-0.05, 0) is 68.7 Å². The van der Waals surface area contributed by atoms with E-state index in [1.807, 2.05) is 0 Å². The average Bonchev–Trinajstić information content (AvgIpc) is 2.96. The van der Waals surface area contributed by atoms with Gasteiger partial charge in [-0.25, -0.2) is 8.42 Å². The number of hydrogen-bond acceptors (Lipinski definition) is 2. The lowest BCUT2D eigenvalue weighted by molar-refractivity contribution is 0.553. The molecule has 33 heavy (non-hydrogen) atoms. The van der Waals surface area contributed by atoms with Crippen LogP contribution in [0.4, 0.5) is 0 Å². The summed E-state index contributed by atoms with van der Waals surface area (Å²) in [5.74, 6) is 0. The zero-order valence-corrected chi connectivity index (χ0v) is 25.5. The van der Waals surface area contributed by atoms with Crippen molar-refractivity contribution in [1.29, 1.82) is 0 Å². The molecule has 0 atom stereocenters. The molecule has 2 nitrogen and oxygen atoms in total. The largest absolute Gasteiger partial charge is 0.220 e. The molecule has 0 amide bonds. The van der Waals surface area contributed by atoms with E-state index in [0.717, 1.165) is 36.8 Å². The molecule has 0 spiro atoms. The fourth-order valence-corrected chi connectivity index (χ4v) is 8.47. The molecule has 0 aromatic carbocycles. The molecule has 0 radical (unpaired) electrons. The maximum Gasteiger partial charge on any atom is 0.220 e. The van der Waals surface area contributed by atoms with Crippen LogP contribution in [-0.2, 0) is 9.84 Å². The van der Waals surface area contributed by atoms with E-state index in [1.165, 1.54) is 116 Å². The van der Waals surface area contributed by atoms with Crippen LogP contribution in [0.3, 0.4) is 0 Å². The number of halogens is 2. The summed E-state index contributed by atoms with van der Waals surface area (Å²) >= 11 is 6.84. The first-order valence-corrected chi connectivity index (χ1v) is 17.1. The highest BCUT2D eigenvalue weighted by atomic mass is 79.9. The third kappa shape index (κ3) is 12.8. The maximum atomic E-state index is 12.7. The SMILES string of the molecule is CCCCCCCCCCCCC1=C(Br)S(=O)(=O)C(Br)=C1CCCCCCCCCCCC. The van der Waals surface area contributed by atoms with Crippen LogP contribution in [0, 0.1) is 0 Å². The third-order valence-electron chi connectivity index (χ3n) is 6.87. The van der Waals surface area contributed by atoms with Gasteiger partial charge in [0.2, 0.25) is 9.84 Å². The summed E-state index contributed by atoms with van der Waals surface area (Å²) in [6.45, 7) is 4.53. The maximum absolute atomic E-state index is 12.7. The van der Waals surface area contributed by atoms with Gasteiger partial charge in [0.15, 0.2) is 0 Å². The Kier molecular flexibility index (Phi) is 18.6. The lowest BCUT2D eigenvalue weighted by Gasteiger charge is -2.10. The topological polar surface area (TPSA) is 34.1 Å². The molecule has 1 aliphatic rings. The van der Waals surface area contributed by atoms with E-state index in [2.05, 4.69) is 45.7 Å². The van der Waals surface area contributed by atoms with Crippen LogP contribution in [-0.4, -0.2) is 8.42 Å². The van der Waals surface area contributed by atoms with Gasteiger partial charge in [0, 0.05) is 0 Å². The molecule has 0 aromatic heterocycles. The Labute approximate surface area is 223 Å². The minimum absolute atomic E-state index is 0.417. The highest BCUT2D eigenvalue weighted by Gasteiger charge is 2.34. The van der Waals surface area contributed by atoms with Crippen LogP contribution in [0.2, 0.25) is 0 Å². The van der Waals surface area contributed by atoms with Crippen molar-refractivity contribution in [1.82, 2.24) is 0 Å². The molecule has 0 aliphatic carbocycles. The van der Waals surface area contributed by atoms with Gasteiger partial charge in [0.05, 0.1) is 0 Å². The predicted molar refractivity (Wildman–Crippen MR) is 154 cm³/mol. The summed E-state index contributed by atoms with van der Waals surface area (Å²) in [6.07, 6.45) is 27.8. The van der Waals surface area contributed by atoms with E-state index >= 15 is 0 Å². The Morgan fingerprint density at radius 1 is 0.455 bits per heavy atom. The molecule has 0 fully saturated rings. The summed E-state index contributed by atoms with van der Waals surface area (Å²) < 4.78 is 26.2. The van der Waals surface area contributed by atoms with Crippen LogP contribution >= 0.6 is 31.9 Å². The lowest BCUT2D eigenvalue weighted by Crippen LogP contribution is -1.94. The fourth-order valence-electron chi connectivity index (χ4n) is 4.72. The molecule has 1 aliphatic heterocycles. The number of allylic oxidation sites excluding steroid dienone is 2. The van der Waals surface area contributed by atoms with Gasteiger partial charge >= 0.3 is 0 Å². The van der Waals surface area contributed by atoms with Crippen molar-refractivity contribution in [2.45, 2.75) is 155 Å². The predicted octanol–water partition coefficient (Wildman–Crippen LogP) is 11.2. The number of rotatable bonds is 22. The first-order chi connectivity index (χ1) is 16.0. The van der Waals surface area contributed by atoms with Gasteiger partial charge in [-0.3, -0.25) is 0 Å². The Bertz CT molecular complexity index is 628. The van der Waals surface area contributed by atoms with Crippen molar-refractivity contribution in [3.8, 4) is 0 Å². The molecule has 194 valence electrons. The first-order valence-electron chi connectivity index (χ1n) is 14.0. The Hall–Kier alpha value is 0.390. The molecule has 5 heteroatoms. The standard InChI is InChI=1S/C28H50Br2O2S/c1-3-5-7-9-11-13-15-17-19-21-23-25-26(28(30)33(31,32)27(25)29)24-22-20-18-16-14-12-10-8-6-4-2/h3-24H2,1-2H3. The molecule has 0 unspecified atom stereocenters. The van der Waals surface area contributed by atoms with E-state index in [4.69, 9.17) is 0 Å². The second-order valence-corrected chi connectivity index (χ2v) is 14.3. The van der Waals surface area contributed by atoms with E-state index in [0.29, 0.717) is 7.63 Å². The summed E-state index contributed by atoms with van der Waals surface area (Å²) in [5.41, 5.74) is 2.08. The molecule has 0 saturated heterocycles. The molecular formula is C28H50Br2O2S. The van der Waals surface area contributed by atoms with Crippen LogP contribution in [0.1, 0.15) is 155 Å². The molecule has 0 aromatic rings. The zero-order chi connectivity index (χ0) is 24.4. The summed E-state index contributed by atoms with van der Waals surface area (Å²) in [6, 6.07) is 0.